The number of rotatable bonds is 2. The lowest BCUT2D eigenvalue weighted by Gasteiger charge is -2.07. The van der Waals surface area contributed by atoms with Crippen molar-refractivity contribution in [3.8, 4) is 0 Å². The van der Waals surface area contributed by atoms with Gasteiger partial charge in [-0.2, -0.15) is 0 Å². The summed E-state index contributed by atoms with van der Waals surface area (Å²) in [5.74, 6) is -0.218. The maximum absolute atomic E-state index is 13.0. The zero-order chi connectivity index (χ0) is 21.4. The van der Waals surface area contributed by atoms with Crippen LogP contribution in [0.4, 0.5) is 0 Å². The zero-order valence-corrected chi connectivity index (χ0v) is 17.6. The van der Waals surface area contributed by atoms with Gasteiger partial charge >= 0.3 is 0 Å². The summed E-state index contributed by atoms with van der Waals surface area (Å²) in [5, 5.41) is 17.4. The monoisotopic (exact) mass is 421 g/mol. The van der Waals surface area contributed by atoms with Gasteiger partial charge in [-0.25, -0.2) is 0 Å². The van der Waals surface area contributed by atoms with Gasteiger partial charge in [0.25, 0.3) is 5.91 Å². The number of amides is 1. The number of aromatic amines is 2. The van der Waals surface area contributed by atoms with Crippen molar-refractivity contribution in [2.45, 2.75) is 38.3 Å². The summed E-state index contributed by atoms with van der Waals surface area (Å²) in [5.41, 5.74) is 7.90. The average Bonchev–Trinajstić information content (AvgIpc) is 3.56. The van der Waals surface area contributed by atoms with Gasteiger partial charge in [-0.15, -0.1) is 0 Å². The van der Waals surface area contributed by atoms with Crippen molar-refractivity contribution >= 4 is 49.5 Å². The Morgan fingerprint density at radius 3 is 2.53 bits per heavy atom. The Morgan fingerprint density at radius 1 is 0.938 bits per heavy atom. The third-order valence-corrected chi connectivity index (χ3v) is 7.25. The second-order valence-electron chi connectivity index (χ2n) is 9.11. The molecule has 4 N–H and O–H groups in total. The van der Waals surface area contributed by atoms with Gasteiger partial charge < -0.3 is 20.4 Å². The van der Waals surface area contributed by atoms with E-state index in [1.54, 1.807) is 5.57 Å². The quantitative estimate of drug-likeness (QED) is 0.275. The third-order valence-electron chi connectivity index (χ3n) is 7.25. The van der Waals surface area contributed by atoms with Crippen molar-refractivity contribution in [2.75, 3.05) is 0 Å². The number of aliphatic hydroxyl groups is 1. The van der Waals surface area contributed by atoms with Crippen molar-refractivity contribution in [3.05, 3.63) is 70.8 Å². The molecule has 2 aromatic heterocycles. The number of fused-ring (bicyclic) bond motifs is 10. The molecule has 1 aliphatic heterocycles. The lowest BCUT2D eigenvalue weighted by Crippen LogP contribution is -2.18. The van der Waals surface area contributed by atoms with Gasteiger partial charge in [0.05, 0.1) is 16.6 Å². The normalized spacial score (nSPS) is 18.3. The standard InChI is InChI=1S/C27H23N3O2/c31-26-22-20-16-7-3-4-8-18(16)28-24(20)25-21(23(22)27(32)30-26)17-13-15(11-12-19(17)29-25)10-9-14-5-1-2-6-14/h3-4,7-9,11-13,26,28-29,31H,1-2,5-6,10H2,(H,30,32). The van der Waals surface area contributed by atoms with E-state index in [4.69, 9.17) is 0 Å². The molecule has 0 saturated heterocycles. The molecule has 2 aliphatic rings. The minimum Gasteiger partial charge on any atom is -0.369 e. The number of aromatic nitrogens is 2. The summed E-state index contributed by atoms with van der Waals surface area (Å²) >= 11 is 0. The highest BCUT2D eigenvalue weighted by atomic mass is 16.3. The number of nitrogens with one attached hydrogen (secondary N) is 3. The Morgan fingerprint density at radius 2 is 1.69 bits per heavy atom. The van der Waals surface area contributed by atoms with Crippen LogP contribution >= 0.6 is 0 Å². The highest BCUT2D eigenvalue weighted by molar-refractivity contribution is 6.30. The van der Waals surface area contributed by atoms with E-state index in [1.165, 1.54) is 31.2 Å². The topological polar surface area (TPSA) is 80.9 Å². The second kappa shape index (κ2) is 6.47. The molecule has 0 bridgehead atoms. The fourth-order valence-electron chi connectivity index (χ4n) is 5.76. The summed E-state index contributed by atoms with van der Waals surface area (Å²) in [7, 11) is 0. The number of allylic oxidation sites excluding steroid dienone is 2. The van der Waals surface area contributed by atoms with Gasteiger partial charge in [0.15, 0.2) is 6.23 Å². The van der Waals surface area contributed by atoms with E-state index in [-0.39, 0.29) is 5.91 Å². The van der Waals surface area contributed by atoms with E-state index in [0.717, 1.165) is 50.0 Å². The number of benzene rings is 3. The zero-order valence-electron chi connectivity index (χ0n) is 17.6. The molecule has 1 aliphatic carbocycles. The molecule has 0 spiro atoms. The van der Waals surface area contributed by atoms with Crippen molar-refractivity contribution in [2.24, 2.45) is 0 Å². The number of para-hydroxylation sites is 1. The van der Waals surface area contributed by atoms with Crippen LogP contribution in [-0.4, -0.2) is 21.0 Å². The predicted molar refractivity (Wildman–Crippen MR) is 128 cm³/mol. The summed E-state index contributed by atoms with van der Waals surface area (Å²) in [6.45, 7) is 0. The highest BCUT2D eigenvalue weighted by Gasteiger charge is 2.34. The van der Waals surface area contributed by atoms with E-state index in [0.29, 0.717) is 11.1 Å². The maximum atomic E-state index is 13.0. The van der Waals surface area contributed by atoms with Gasteiger partial charge in [-0.05, 0) is 55.9 Å². The summed E-state index contributed by atoms with van der Waals surface area (Å²) in [6.07, 6.45) is 7.32. The SMILES string of the molecule is O=C1NC(O)c2c1c1c3cc(CC=C4CCCC4)ccc3[nH]c1c1[nH]c3ccccc3c21. The molecule has 32 heavy (non-hydrogen) atoms. The molecular weight excluding hydrogens is 398 g/mol. The minimum atomic E-state index is -1.01. The first-order valence-corrected chi connectivity index (χ1v) is 11.4. The van der Waals surface area contributed by atoms with Crippen LogP contribution in [0.25, 0.3) is 43.6 Å². The Balaban J connectivity index is 1.55. The minimum absolute atomic E-state index is 0.218. The number of hydrogen-bond acceptors (Lipinski definition) is 2. The number of hydrogen-bond donors (Lipinski definition) is 4. The summed E-state index contributed by atoms with van der Waals surface area (Å²) in [4.78, 5) is 20.1. The smallest absolute Gasteiger partial charge is 0.254 e. The summed E-state index contributed by atoms with van der Waals surface area (Å²) < 4.78 is 0. The predicted octanol–water partition coefficient (Wildman–Crippen LogP) is 5.73. The molecule has 1 amide bonds. The molecular formula is C27H23N3O2. The fourth-order valence-corrected chi connectivity index (χ4v) is 5.76. The molecule has 1 unspecified atom stereocenters. The lowest BCUT2D eigenvalue weighted by molar-refractivity contribution is 0.0853. The Bertz CT molecular complexity index is 1610. The van der Waals surface area contributed by atoms with E-state index in [9.17, 15) is 9.90 Å². The molecule has 5 heteroatoms. The number of carbonyl (C=O) groups excluding carboxylic acids is 1. The van der Waals surface area contributed by atoms with Gasteiger partial charge in [0, 0.05) is 38.1 Å². The van der Waals surface area contributed by atoms with Crippen LogP contribution in [0.15, 0.2) is 54.1 Å². The molecule has 158 valence electrons. The number of carbonyl (C=O) groups is 1. The molecule has 3 heterocycles. The molecule has 0 radical (unpaired) electrons. The van der Waals surface area contributed by atoms with E-state index in [2.05, 4.69) is 39.6 Å². The maximum Gasteiger partial charge on any atom is 0.254 e. The molecule has 3 aromatic carbocycles. The van der Waals surface area contributed by atoms with E-state index >= 15 is 0 Å². The number of H-pyrrole nitrogens is 2. The second-order valence-corrected chi connectivity index (χ2v) is 9.11. The first-order chi connectivity index (χ1) is 15.7. The summed E-state index contributed by atoms with van der Waals surface area (Å²) in [6, 6.07) is 14.5. The highest BCUT2D eigenvalue weighted by Crippen LogP contribution is 2.44. The first-order valence-electron chi connectivity index (χ1n) is 11.4. The van der Waals surface area contributed by atoms with E-state index < -0.39 is 6.23 Å². The van der Waals surface area contributed by atoms with Crippen molar-refractivity contribution in [1.82, 2.24) is 15.3 Å². The van der Waals surface area contributed by atoms with Gasteiger partial charge in [-0.3, -0.25) is 4.79 Å². The van der Waals surface area contributed by atoms with Gasteiger partial charge in [-0.1, -0.05) is 35.9 Å². The molecule has 5 aromatic rings. The van der Waals surface area contributed by atoms with Crippen molar-refractivity contribution < 1.29 is 9.90 Å². The van der Waals surface area contributed by atoms with Crippen molar-refractivity contribution in [1.29, 1.82) is 0 Å². The molecule has 1 atom stereocenters. The molecule has 1 saturated carbocycles. The van der Waals surface area contributed by atoms with Crippen LogP contribution < -0.4 is 5.32 Å². The van der Waals surface area contributed by atoms with Gasteiger partial charge in [0.1, 0.15) is 0 Å². The lowest BCUT2D eigenvalue weighted by atomic mass is 9.95. The van der Waals surface area contributed by atoms with Crippen LogP contribution in [0, 0.1) is 0 Å². The Labute approximate surface area is 184 Å². The third kappa shape index (κ3) is 2.40. The Hall–Kier alpha value is -3.57. The molecule has 5 nitrogen and oxygen atoms in total. The Kier molecular flexibility index (Phi) is 3.65. The van der Waals surface area contributed by atoms with E-state index in [1.807, 2.05) is 24.3 Å². The number of aliphatic hydroxyl groups excluding tert-OH is 1. The van der Waals surface area contributed by atoms with Crippen LogP contribution in [-0.2, 0) is 6.42 Å². The van der Waals surface area contributed by atoms with Crippen molar-refractivity contribution in [3.63, 3.8) is 0 Å². The molecule has 7 rings (SSSR count). The van der Waals surface area contributed by atoms with Crippen LogP contribution in [0.5, 0.6) is 0 Å². The molecule has 1 fully saturated rings. The van der Waals surface area contributed by atoms with Crippen LogP contribution in [0.2, 0.25) is 0 Å². The van der Waals surface area contributed by atoms with Gasteiger partial charge in [0.2, 0.25) is 0 Å². The van der Waals surface area contributed by atoms with Crippen LogP contribution in [0.1, 0.15) is 53.4 Å². The first kappa shape index (κ1) is 18.0. The average molecular weight is 422 g/mol. The fraction of sp³-hybridized carbons (Fsp3) is 0.222. The van der Waals surface area contributed by atoms with Crippen LogP contribution in [0.3, 0.4) is 0 Å². The largest absolute Gasteiger partial charge is 0.369 e.